The lowest BCUT2D eigenvalue weighted by molar-refractivity contribution is 0.289. The van der Waals surface area contributed by atoms with E-state index >= 15 is 0 Å². The summed E-state index contributed by atoms with van der Waals surface area (Å²) in [7, 11) is 0. The molecule has 5 rings (SSSR count). The third kappa shape index (κ3) is 1.46. The van der Waals surface area contributed by atoms with Crippen LogP contribution in [0.5, 0.6) is 0 Å². The summed E-state index contributed by atoms with van der Waals surface area (Å²) in [4.78, 5) is 0. The molecule has 0 nitrogen and oxygen atoms in total. The van der Waals surface area contributed by atoms with E-state index in [4.69, 9.17) is 0 Å². The second-order valence-electron chi connectivity index (χ2n) is 6.90. The van der Waals surface area contributed by atoms with Crippen molar-refractivity contribution >= 4 is 5.57 Å². The van der Waals surface area contributed by atoms with Crippen molar-refractivity contribution in [3.63, 3.8) is 0 Å². The molecule has 0 aromatic heterocycles. The summed E-state index contributed by atoms with van der Waals surface area (Å²) in [6, 6.07) is 9.12. The lowest BCUT2D eigenvalue weighted by Crippen LogP contribution is -2.36. The summed E-state index contributed by atoms with van der Waals surface area (Å²) >= 11 is 0. The van der Waals surface area contributed by atoms with E-state index in [9.17, 15) is 0 Å². The molecular formula is C21H20. The molecule has 1 fully saturated rings. The number of hydrogen-bond acceptors (Lipinski definition) is 0. The van der Waals surface area contributed by atoms with Gasteiger partial charge in [-0.1, -0.05) is 59.7 Å². The van der Waals surface area contributed by atoms with Gasteiger partial charge in [-0.05, 0) is 60.8 Å². The van der Waals surface area contributed by atoms with Crippen molar-refractivity contribution in [2.45, 2.75) is 38.5 Å². The lowest BCUT2D eigenvalue weighted by Gasteiger charge is -2.50. The van der Waals surface area contributed by atoms with Crippen LogP contribution >= 0.6 is 0 Å². The zero-order chi connectivity index (χ0) is 13.9. The van der Waals surface area contributed by atoms with Gasteiger partial charge in [0.15, 0.2) is 0 Å². The molecule has 1 aromatic carbocycles. The molecule has 1 saturated carbocycles. The van der Waals surface area contributed by atoms with Crippen LogP contribution in [0.2, 0.25) is 0 Å². The Kier molecular flexibility index (Phi) is 2.30. The lowest BCUT2D eigenvalue weighted by atomic mass is 9.53. The van der Waals surface area contributed by atoms with E-state index in [-0.39, 0.29) is 0 Å². The molecule has 4 aliphatic rings. The Morgan fingerprint density at radius 2 is 1.76 bits per heavy atom. The van der Waals surface area contributed by atoms with Gasteiger partial charge in [-0.3, -0.25) is 0 Å². The molecule has 0 radical (unpaired) electrons. The van der Waals surface area contributed by atoms with Crippen LogP contribution in [0.15, 0.2) is 65.3 Å². The Bertz CT molecular complexity index is 740. The van der Waals surface area contributed by atoms with Crippen LogP contribution in [0, 0.1) is 5.41 Å². The Labute approximate surface area is 126 Å². The van der Waals surface area contributed by atoms with Gasteiger partial charge in [-0.15, -0.1) is 0 Å². The van der Waals surface area contributed by atoms with Gasteiger partial charge in [-0.25, -0.2) is 0 Å². The first-order valence-electron chi connectivity index (χ1n) is 8.28. The molecule has 0 N–H and O–H groups in total. The van der Waals surface area contributed by atoms with Crippen molar-refractivity contribution in [2.24, 2.45) is 5.41 Å². The van der Waals surface area contributed by atoms with Gasteiger partial charge >= 0.3 is 0 Å². The number of rotatable bonds is 0. The minimum absolute atomic E-state index is 0.383. The molecule has 1 atom stereocenters. The van der Waals surface area contributed by atoms with E-state index in [1.165, 1.54) is 44.1 Å². The number of benzene rings is 1. The molecule has 0 heteroatoms. The summed E-state index contributed by atoms with van der Waals surface area (Å²) in [6.45, 7) is 0. The third-order valence-corrected chi connectivity index (χ3v) is 6.00. The monoisotopic (exact) mass is 272 g/mol. The smallest absolute Gasteiger partial charge is 0.0179 e. The summed E-state index contributed by atoms with van der Waals surface area (Å²) in [5, 5.41) is 0. The van der Waals surface area contributed by atoms with Crippen LogP contribution < -0.4 is 0 Å². The van der Waals surface area contributed by atoms with Crippen LogP contribution in [0.3, 0.4) is 0 Å². The highest BCUT2D eigenvalue weighted by molar-refractivity contribution is 5.84. The quantitative estimate of drug-likeness (QED) is 0.594. The molecule has 1 unspecified atom stereocenters. The summed E-state index contributed by atoms with van der Waals surface area (Å²) < 4.78 is 0. The molecule has 1 spiro atoms. The summed E-state index contributed by atoms with van der Waals surface area (Å²) in [5.41, 5.74) is 10.2. The van der Waals surface area contributed by atoms with E-state index in [0.29, 0.717) is 5.41 Å². The molecule has 104 valence electrons. The Hall–Kier alpha value is -1.82. The van der Waals surface area contributed by atoms with Gasteiger partial charge in [0.1, 0.15) is 0 Å². The fourth-order valence-electron chi connectivity index (χ4n) is 5.06. The molecule has 0 bridgehead atoms. The normalized spacial score (nSPS) is 29.1. The van der Waals surface area contributed by atoms with Crippen LogP contribution in [-0.4, -0.2) is 0 Å². The minimum Gasteiger partial charge on any atom is -0.0619 e. The van der Waals surface area contributed by atoms with E-state index in [1.807, 2.05) is 0 Å². The highest BCUT2D eigenvalue weighted by Gasteiger charge is 2.50. The first-order valence-corrected chi connectivity index (χ1v) is 8.28. The van der Waals surface area contributed by atoms with Crippen molar-refractivity contribution in [1.29, 1.82) is 0 Å². The predicted octanol–water partition coefficient (Wildman–Crippen LogP) is 5.38. The van der Waals surface area contributed by atoms with E-state index in [0.717, 1.165) is 0 Å². The SMILES string of the molecule is C1=CC(=C2CCC23CCCC2=C3c3ccccc3C2)C=C1. The summed E-state index contributed by atoms with van der Waals surface area (Å²) in [6.07, 6.45) is 16.9. The zero-order valence-electron chi connectivity index (χ0n) is 12.4. The number of hydrogen-bond donors (Lipinski definition) is 0. The Morgan fingerprint density at radius 1 is 0.905 bits per heavy atom. The van der Waals surface area contributed by atoms with Crippen LogP contribution in [-0.2, 0) is 6.42 Å². The second-order valence-corrected chi connectivity index (χ2v) is 6.90. The van der Waals surface area contributed by atoms with E-state index in [1.54, 1.807) is 27.8 Å². The largest absolute Gasteiger partial charge is 0.0619 e. The molecular weight excluding hydrogens is 252 g/mol. The fourth-order valence-corrected chi connectivity index (χ4v) is 5.06. The molecule has 21 heavy (non-hydrogen) atoms. The van der Waals surface area contributed by atoms with Crippen LogP contribution in [0.25, 0.3) is 5.57 Å². The van der Waals surface area contributed by atoms with Gasteiger partial charge in [0.05, 0.1) is 0 Å². The Morgan fingerprint density at radius 3 is 2.57 bits per heavy atom. The van der Waals surface area contributed by atoms with Crippen molar-refractivity contribution in [1.82, 2.24) is 0 Å². The highest BCUT2D eigenvalue weighted by atomic mass is 14.5. The second kappa shape index (κ2) is 4.10. The van der Waals surface area contributed by atoms with E-state index < -0.39 is 0 Å². The molecule has 1 aromatic rings. The van der Waals surface area contributed by atoms with Crippen molar-refractivity contribution < 1.29 is 0 Å². The summed E-state index contributed by atoms with van der Waals surface area (Å²) in [5.74, 6) is 0. The van der Waals surface area contributed by atoms with Gasteiger partial charge in [0.25, 0.3) is 0 Å². The van der Waals surface area contributed by atoms with E-state index in [2.05, 4.69) is 48.6 Å². The number of fused-ring (bicyclic) bond motifs is 3. The van der Waals surface area contributed by atoms with Crippen molar-refractivity contribution in [2.75, 3.05) is 0 Å². The Balaban J connectivity index is 1.72. The highest BCUT2D eigenvalue weighted by Crippen LogP contribution is 2.64. The van der Waals surface area contributed by atoms with Gasteiger partial charge in [0, 0.05) is 5.41 Å². The third-order valence-electron chi connectivity index (χ3n) is 6.00. The average molecular weight is 272 g/mol. The van der Waals surface area contributed by atoms with Crippen molar-refractivity contribution in [3.8, 4) is 0 Å². The maximum atomic E-state index is 2.37. The number of allylic oxidation sites excluding steroid dienone is 8. The predicted molar refractivity (Wildman–Crippen MR) is 87.9 cm³/mol. The zero-order valence-corrected chi connectivity index (χ0v) is 12.4. The molecule has 0 amide bonds. The molecule has 0 heterocycles. The molecule has 0 aliphatic heterocycles. The standard InChI is InChI=1S/C21H20/c1-2-7-15(6-1)19-11-13-21(19)12-5-9-17-14-16-8-3-4-10-18(16)20(17)21/h1-4,6-8,10H,5,9,11-14H2. The van der Waals surface area contributed by atoms with Gasteiger partial charge in [0.2, 0.25) is 0 Å². The molecule has 4 aliphatic carbocycles. The van der Waals surface area contributed by atoms with Crippen LogP contribution in [0.4, 0.5) is 0 Å². The minimum atomic E-state index is 0.383. The average Bonchev–Trinajstić information content (AvgIpc) is 3.12. The van der Waals surface area contributed by atoms with Crippen molar-refractivity contribution in [3.05, 3.63) is 76.4 Å². The fraction of sp³-hybridized carbons (Fsp3) is 0.333. The first kappa shape index (κ1) is 11.8. The molecule has 0 saturated heterocycles. The maximum Gasteiger partial charge on any atom is 0.0179 e. The maximum absolute atomic E-state index is 2.37. The first-order chi connectivity index (χ1) is 10.4. The topological polar surface area (TPSA) is 0 Å². The van der Waals surface area contributed by atoms with Gasteiger partial charge in [-0.2, -0.15) is 0 Å². The van der Waals surface area contributed by atoms with Gasteiger partial charge < -0.3 is 0 Å². The van der Waals surface area contributed by atoms with Crippen LogP contribution in [0.1, 0.15) is 43.2 Å².